The van der Waals surface area contributed by atoms with E-state index in [1.807, 2.05) is 24.3 Å². The maximum Gasteiger partial charge on any atom is 0.251 e. The number of benzene rings is 2. The van der Waals surface area contributed by atoms with Gasteiger partial charge in [0, 0.05) is 5.56 Å². The van der Waals surface area contributed by atoms with E-state index in [-0.39, 0.29) is 23.2 Å². The summed E-state index contributed by atoms with van der Waals surface area (Å²) in [6, 6.07) is 12.2. The Morgan fingerprint density at radius 2 is 1.69 bits per heavy atom. The molecule has 0 saturated carbocycles. The summed E-state index contributed by atoms with van der Waals surface area (Å²) in [7, 11) is -8.19. The molecule has 0 spiro atoms. The summed E-state index contributed by atoms with van der Waals surface area (Å²) in [4.78, 5) is 12.9. The van der Waals surface area contributed by atoms with Crippen molar-refractivity contribution in [2.75, 3.05) is 16.2 Å². The molecule has 1 unspecified atom stereocenters. The van der Waals surface area contributed by atoms with Gasteiger partial charge >= 0.3 is 0 Å². The molecular weight excluding hydrogens is 412 g/mol. The Bertz CT molecular complexity index is 1130. The molecule has 0 aliphatic heterocycles. The van der Waals surface area contributed by atoms with Crippen LogP contribution < -0.4 is 9.03 Å². The number of amides is 1. The van der Waals surface area contributed by atoms with Crippen molar-refractivity contribution < 1.29 is 21.6 Å². The zero-order valence-corrected chi connectivity index (χ0v) is 18.2. The van der Waals surface area contributed by atoms with Gasteiger partial charge in [0.15, 0.2) is 0 Å². The molecular formula is C20H24N2O5S2. The summed E-state index contributed by atoms with van der Waals surface area (Å²) in [5.74, 6) is -0.380. The van der Waals surface area contributed by atoms with Crippen LogP contribution in [0.4, 0.5) is 5.69 Å². The normalized spacial score (nSPS) is 16.7. The molecule has 3 rings (SSSR count). The van der Waals surface area contributed by atoms with Crippen molar-refractivity contribution in [3.05, 3.63) is 64.7 Å². The van der Waals surface area contributed by atoms with Crippen LogP contribution in [0.5, 0.6) is 0 Å². The van der Waals surface area contributed by atoms with Gasteiger partial charge in [-0.2, -0.15) is 3.71 Å². The summed E-state index contributed by atoms with van der Waals surface area (Å²) in [5.41, 5.74) is 2.86. The monoisotopic (exact) mass is 436 g/mol. The Kier molecular flexibility index (Phi) is 5.73. The topological polar surface area (TPSA) is 101 Å². The van der Waals surface area contributed by atoms with Gasteiger partial charge in [-0.3, -0.25) is 4.79 Å². The van der Waals surface area contributed by atoms with Crippen LogP contribution in [-0.4, -0.2) is 35.3 Å². The molecule has 0 heterocycles. The summed E-state index contributed by atoms with van der Waals surface area (Å²) < 4.78 is 48.8. The molecule has 1 aliphatic rings. The van der Waals surface area contributed by atoms with Gasteiger partial charge in [0.05, 0.1) is 24.2 Å². The van der Waals surface area contributed by atoms with Gasteiger partial charge in [-0.25, -0.2) is 16.8 Å². The van der Waals surface area contributed by atoms with E-state index in [0.29, 0.717) is 9.27 Å². The lowest BCUT2D eigenvalue weighted by Crippen LogP contribution is -2.36. The van der Waals surface area contributed by atoms with Crippen molar-refractivity contribution in [1.82, 2.24) is 5.32 Å². The molecule has 0 aromatic heterocycles. The number of nitrogens with one attached hydrogen (secondary N) is 1. The maximum absolute atomic E-state index is 12.9. The number of aryl methyl sites for hydroxylation is 2. The van der Waals surface area contributed by atoms with Crippen LogP contribution in [0.3, 0.4) is 0 Å². The van der Waals surface area contributed by atoms with Gasteiger partial charge in [-0.05, 0) is 55.0 Å². The maximum atomic E-state index is 12.9. The van der Waals surface area contributed by atoms with Crippen LogP contribution in [0.1, 0.15) is 45.9 Å². The molecule has 0 bridgehead atoms. The first kappa shape index (κ1) is 21.3. The second-order valence-electron chi connectivity index (χ2n) is 7.34. The lowest BCUT2D eigenvalue weighted by molar-refractivity contribution is 0.0932. The largest absolute Gasteiger partial charge is 0.345 e. The van der Waals surface area contributed by atoms with E-state index < -0.39 is 20.0 Å². The molecule has 0 radical (unpaired) electrons. The van der Waals surface area contributed by atoms with Crippen molar-refractivity contribution in [2.24, 2.45) is 0 Å². The number of fused-ring (bicyclic) bond motifs is 1. The van der Waals surface area contributed by atoms with Crippen LogP contribution in [0.25, 0.3) is 0 Å². The highest BCUT2D eigenvalue weighted by atomic mass is 32.3. The quantitative estimate of drug-likeness (QED) is 0.776. The molecule has 9 heteroatoms. The number of nitrogens with zero attached hydrogens (tertiary/aromatic N) is 1. The first-order valence-corrected chi connectivity index (χ1v) is 12.9. The second kappa shape index (κ2) is 7.79. The van der Waals surface area contributed by atoms with Crippen LogP contribution in [0, 0.1) is 6.92 Å². The summed E-state index contributed by atoms with van der Waals surface area (Å²) >= 11 is 0. The SMILES string of the molecule is Cc1ccc(C(=O)NC2CCCc3ccccc32)cc1N(S(C)(=O)=O)S(C)(=O)=O. The first-order valence-electron chi connectivity index (χ1n) is 9.18. The van der Waals surface area contributed by atoms with E-state index in [9.17, 15) is 21.6 Å². The van der Waals surface area contributed by atoms with Crippen LogP contribution >= 0.6 is 0 Å². The molecule has 156 valence electrons. The Balaban J connectivity index is 1.95. The minimum absolute atomic E-state index is 0.0494. The van der Waals surface area contributed by atoms with Crippen molar-refractivity contribution in [2.45, 2.75) is 32.2 Å². The number of anilines is 1. The predicted molar refractivity (Wildman–Crippen MR) is 113 cm³/mol. The number of carbonyl (C=O) groups excluding carboxylic acids is 1. The van der Waals surface area contributed by atoms with E-state index in [1.54, 1.807) is 19.1 Å². The number of carbonyl (C=O) groups is 1. The van der Waals surface area contributed by atoms with Crippen LogP contribution in [0.15, 0.2) is 42.5 Å². The van der Waals surface area contributed by atoms with Gasteiger partial charge in [-0.1, -0.05) is 30.3 Å². The van der Waals surface area contributed by atoms with Gasteiger partial charge < -0.3 is 5.32 Å². The second-order valence-corrected chi connectivity index (χ2v) is 11.2. The average molecular weight is 437 g/mol. The van der Waals surface area contributed by atoms with Crippen LogP contribution in [0.2, 0.25) is 0 Å². The zero-order valence-electron chi connectivity index (χ0n) is 16.5. The number of rotatable bonds is 5. The van der Waals surface area contributed by atoms with Crippen LogP contribution in [-0.2, 0) is 26.5 Å². The fraction of sp³-hybridized carbons (Fsp3) is 0.350. The van der Waals surface area contributed by atoms with Gasteiger partial charge in [0.25, 0.3) is 5.91 Å². The third-order valence-corrected chi connectivity index (χ3v) is 8.17. The Hall–Kier alpha value is -2.39. The van der Waals surface area contributed by atoms with Gasteiger partial charge in [0.1, 0.15) is 0 Å². The highest BCUT2D eigenvalue weighted by Gasteiger charge is 2.29. The fourth-order valence-corrected chi connectivity index (χ4v) is 6.77. The third kappa shape index (κ3) is 4.62. The minimum Gasteiger partial charge on any atom is -0.345 e. The highest BCUT2D eigenvalue weighted by Crippen LogP contribution is 2.31. The van der Waals surface area contributed by atoms with E-state index >= 15 is 0 Å². The summed E-state index contributed by atoms with van der Waals surface area (Å²) in [6.45, 7) is 1.59. The van der Waals surface area contributed by atoms with E-state index in [4.69, 9.17) is 0 Å². The Morgan fingerprint density at radius 3 is 2.34 bits per heavy atom. The molecule has 1 aliphatic carbocycles. The van der Waals surface area contributed by atoms with E-state index in [0.717, 1.165) is 37.3 Å². The lowest BCUT2D eigenvalue weighted by Gasteiger charge is -2.27. The highest BCUT2D eigenvalue weighted by molar-refractivity contribution is 8.09. The van der Waals surface area contributed by atoms with E-state index in [1.165, 1.54) is 11.6 Å². The molecule has 2 aromatic carbocycles. The zero-order chi connectivity index (χ0) is 21.4. The Morgan fingerprint density at radius 1 is 1.03 bits per heavy atom. The average Bonchev–Trinajstić information content (AvgIpc) is 2.61. The van der Waals surface area contributed by atoms with Crippen molar-refractivity contribution in [1.29, 1.82) is 0 Å². The van der Waals surface area contributed by atoms with Crippen molar-refractivity contribution in [3.63, 3.8) is 0 Å². The molecule has 2 aromatic rings. The number of sulfonamides is 2. The third-order valence-electron chi connectivity index (χ3n) is 4.95. The standard InChI is InChI=1S/C20H24N2O5S2/c1-14-11-12-16(13-19(14)22(28(2,24)25)29(3,26)27)20(23)21-18-10-6-8-15-7-4-5-9-17(15)18/h4-5,7,9,11-13,18H,6,8,10H2,1-3H3,(H,21,23). The molecule has 1 atom stereocenters. The van der Waals surface area contributed by atoms with Crippen molar-refractivity contribution in [3.8, 4) is 0 Å². The molecule has 29 heavy (non-hydrogen) atoms. The summed E-state index contributed by atoms with van der Waals surface area (Å²) in [6.07, 6.45) is 4.37. The van der Waals surface area contributed by atoms with Gasteiger partial charge in [-0.15, -0.1) is 0 Å². The van der Waals surface area contributed by atoms with Crippen molar-refractivity contribution >= 4 is 31.6 Å². The minimum atomic E-state index is -4.09. The lowest BCUT2D eigenvalue weighted by atomic mass is 9.87. The fourth-order valence-electron chi connectivity index (χ4n) is 3.70. The van der Waals surface area contributed by atoms with Gasteiger partial charge in [0.2, 0.25) is 20.0 Å². The molecule has 0 saturated heterocycles. The number of hydrogen-bond donors (Lipinski definition) is 1. The molecule has 7 nitrogen and oxygen atoms in total. The predicted octanol–water partition coefficient (Wildman–Crippen LogP) is 2.53. The first-order chi connectivity index (χ1) is 13.5. The number of hydrogen-bond acceptors (Lipinski definition) is 5. The molecule has 0 fully saturated rings. The molecule has 1 N–H and O–H groups in total. The van der Waals surface area contributed by atoms with E-state index in [2.05, 4.69) is 5.32 Å². The summed E-state index contributed by atoms with van der Waals surface area (Å²) in [5, 5.41) is 3.00. The molecule has 1 amide bonds. The smallest absolute Gasteiger partial charge is 0.251 e. The Labute approximate surface area is 171 Å².